The minimum atomic E-state index is 0.245. The largest absolute Gasteiger partial charge is 0.493 e. The van der Waals surface area contributed by atoms with E-state index in [0.717, 1.165) is 24.2 Å². The molecule has 0 spiro atoms. The smallest absolute Gasteiger partial charge is 0.148 e. The summed E-state index contributed by atoms with van der Waals surface area (Å²) >= 11 is 18.1. The zero-order valence-corrected chi connectivity index (χ0v) is 12.2. The average molecular weight is 315 g/mol. The number of aryl methyl sites for hydroxylation is 1. The van der Waals surface area contributed by atoms with Crippen LogP contribution in [0, 0.1) is 0 Å². The number of benzene rings is 1. The third kappa shape index (κ3) is 2.40. The van der Waals surface area contributed by atoms with Gasteiger partial charge in [0.05, 0.1) is 22.3 Å². The van der Waals surface area contributed by atoms with E-state index < -0.39 is 0 Å². The molecule has 0 fully saturated rings. The molecule has 98 valence electrons. The molecule has 19 heavy (non-hydrogen) atoms. The Balaban J connectivity index is 2.20. The summed E-state index contributed by atoms with van der Waals surface area (Å²) in [6.45, 7) is 0.711. The molecule has 0 unspecified atom stereocenters. The molecule has 1 aliphatic rings. The van der Waals surface area contributed by atoms with Crippen LogP contribution in [0.4, 0.5) is 0 Å². The SMILES string of the molecule is Clc1cc(Cl)c(-c2cccc3c2OCCC3)nc1Cl. The van der Waals surface area contributed by atoms with Crippen molar-refractivity contribution in [1.82, 2.24) is 4.98 Å². The summed E-state index contributed by atoms with van der Waals surface area (Å²) in [5.41, 5.74) is 2.64. The first-order valence-electron chi connectivity index (χ1n) is 5.93. The fourth-order valence-electron chi connectivity index (χ4n) is 2.21. The highest BCUT2D eigenvalue weighted by Crippen LogP contribution is 2.40. The second-order valence-electron chi connectivity index (χ2n) is 4.34. The quantitative estimate of drug-likeness (QED) is 0.688. The monoisotopic (exact) mass is 313 g/mol. The lowest BCUT2D eigenvalue weighted by Gasteiger charge is -2.20. The summed E-state index contributed by atoms with van der Waals surface area (Å²) in [5.74, 6) is 0.849. The summed E-state index contributed by atoms with van der Waals surface area (Å²) in [4.78, 5) is 4.27. The van der Waals surface area contributed by atoms with E-state index in [1.807, 2.05) is 12.1 Å². The van der Waals surface area contributed by atoms with Crippen LogP contribution in [0.2, 0.25) is 15.2 Å². The molecular formula is C14H10Cl3NO. The van der Waals surface area contributed by atoms with E-state index in [0.29, 0.717) is 22.3 Å². The van der Waals surface area contributed by atoms with Crippen molar-refractivity contribution in [2.45, 2.75) is 12.8 Å². The fourth-order valence-corrected chi connectivity index (χ4v) is 2.81. The van der Waals surface area contributed by atoms with Crippen molar-refractivity contribution >= 4 is 34.8 Å². The van der Waals surface area contributed by atoms with Crippen molar-refractivity contribution in [3.63, 3.8) is 0 Å². The van der Waals surface area contributed by atoms with Crippen molar-refractivity contribution < 1.29 is 4.74 Å². The zero-order chi connectivity index (χ0) is 13.4. The van der Waals surface area contributed by atoms with Crippen molar-refractivity contribution in [3.05, 3.63) is 45.0 Å². The van der Waals surface area contributed by atoms with Gasteiger partial charge in [0.1, 0.15) is 10.9 Å². The Morgan fingerprint density at radius 1 is 1.11 bits per heavy atom. The number of halogens is 3. The van der Waals surface area contributed by atoms with Crippen LogP contribution < -0.4 is 4.74 Å². The summed E-state index contributed by atoms with van der Waals surface area (Å²) in [6.07, 6.45) is 2.03. The van der Waals surface area contributed by atoms with Gasteiger partial charge >= 0.3 is 0 Å². The van der Waals surface area contributed by atoms with E-state index in [4.69, 9.17) is 39.5 Å². The number of rotatable bonds is 1. The summed E-state index contributed by atoms with van der Waals surface area (Å²) in [7, 11) is 0. The van der Waals surface area contributed by atoms with E-state index >= 15 is 0 Å². The van der Waals surface area contributed by atoms with Gasteiger partial charge in [0, 0.05) is 5.56 Å². The Morgan fingerprint density at radius 3 is 2.79 bits per heavy atom. The normalized spacial score (nSPS) is 13.8. The van der Waals surface area contributed by atoms with Crippen molar-refractivity contribution in [2.75, 3.05) is 6.61 Å². The van der Waals surface area contributed by atoms with Gasteiger partial charge in [-0.2, -0.15) is 0 Å². The molecule has 0 saturated carbocycles. The first-order valence-corrected chi connectivity index (χ1v) is 7.07. The lowest BCUT2D eigenvalue weighted by molar-refractivity contribution is 0.289. The van der Waals surface area contributed by atoms with Crippen LogP contribution in [-0.2, 0) is 6.42 Å². The Hall–Kier alpha value is -0.960. The minimum absolute atomic E-state index is 0.245. The van der Waals surface area contributed by atoms with Gasteiger partial charge in [0.25, 0.3) is 0 Å². The highest BCUT2D eigenvalue weighted by atomic mass is 35.5. The Kier molecular flexibility index (Phi) is 3.57. The molecule has 3 rings (SSSR count). The molecule has 2 nitrogen and oxygen atoms in total. The predicted molar refractivity (Wildman–Crippen MR) is 78.5 cm³/mol. The molecule has 1 aromatic heterocycles. The minimum Gasteiger partial charge on any atom is -0.493 e. The zero-order valence-electron chi connectivity index (χ0n) is 9.92. The second kappa shape index (κ2) is 5.20. The molecule has 0 bridgehead atoms. The lowest BCUT2D eigenvalue weighted by atomic mass is 10.0. The van der Waals surface area contributed by atoms with Crippen LogP contribution >= 0.6 is 34.8 Å². The number of hydrogen-bond donors (Lipinski definition) is 0. The van der Waals surface area contributed by atoms with E-state index in [9.17, 15) is 0 Å². The van der Waals surface area contributed by atoms with Gasteiger partial charge in [-0.05, 0) is 30.5 Å². The van der Waals surface area contributed by atoms with Gasteiger partial charge in [-0.1, -0.05) is 46.9 Å². The van der Waals surface area contributed by atoms with E-state index in [1.165, 1.54) is 5.56 Å². The molecule has 0 aliphatic carbocycles. The number of para-hydroxylation sites is 1. The molecule has 0 atom stereocenters. The van der Waals surface area contributed by atoms with Gasteiger partial charge in [0.15, 0.2) is 0 Å². The highest BCUT2D eigenvalue weighted by Gasteiger charge is 2.19. The maximum atomic E-state index is 6.22. The van der Waals surface area contributed by atoms with Gasteiger partial charge in [0.2, 0.25) is 0 Å². The van der Waals surface area contributed by atoms with E-state index in [1.54, 1.807) is 6.07 Å². The van der Waals surface area contributed by atoms with Crippen LogP contribution in [0.1, 0.15) is 12.0 Å². The average Bonchev–Trinajstić information content (AvgIpc) is 2.42. The molecule has 0 saturated heterocycles. The molecule has 0 amide bonds. The summed E-state index contributed by atoms with van der Waals surface area (Å²) < 4.78 is 5.76. The van der Waals surface area contributed by atoms with Crippen LogP contribution in [0.25, 0.3) is 11.3 Å². The number of aromatic nitrogens is 1. The molecule has 1 aliphatic heterocycles. The first-order chi connectivity index (χ1) is 9.16. The molecule has 0 N–H and O–H groups in total. The summed E-state index contributed by atoms with van der Waals surface area (Å²) in [5, 5.41) is 1.06. The predicted octanol–water partition coefficient (Wildman–Crippen LogP) is 5.03. The van der Waals surface area contributed by atoms with Gasteiger partial charge in [-0.15, -0.1) is 0 Å². The highest BCUT2D eigenvalue weighted by molar-refractivity contribution is 6.43. The van der Waals surface area contributed by atoms with Crippen molar-refractivity contribution in [3.8, 4) is 17.0 Å². The van der Waals surface area contributed by atoms with Crippen LogP contribution in [-0.4, -0.2) is 11.6 Å². The van der Waals surface area contributed by atoms with Gasteiger partial charge in [-0.25, -0.2) is 4.98 Å². The van der Waals surface area contributed by atoms with Gasteiger partial charge in [-0.3, -0.25) is 0 Å². The lowest BCUT2D eigenvalue weighted by Crippen LogP contribution is -2.09. The number of fused-ring (bicyclic) bond motifs is 1. The Bertz CT molecular complexity index is 643. The number of hydrogen-bond acceptors (Lipinski definition) is 2. The number of nitrogens with zero attached hydrogens (tertiary/aromatic N) is 1. The first kappa shape index (κ1) is 13.0. The third-order valence-electron chi connectivity index (χ3n) is 3.08. The Labute approximate surface area is 126 Å². The molecule has 5 heteroatoms. The van der Waals surface area contributed by atoms with Crippen molar-refractivity contribution in [1.29, 1.82) is 0 Å². The molecule has 2 heterocycles. The third-order valence-corrected chi connectivity index (χ3v) is 4.04. The second-order valence-corrected chi connectivity index (χ2v) is 5.51. The molecule has 0 radical (unpaired) electrons. The topological polar surface area (TPSA) is 22.1 Å². The Morgan fingerprint density at radius 2 is 1.95 bits per heavy atom. The maximum Gasteiger partial charge on any atom is 0.148 e. The van der Waals surface area contributed by atoms with Crippen molar-refractivity contribution in [2.24, 2.45) is 0 Å². The van der Waals surface area contributed by atoms with E-state index in [-0.39, 0.29) is 5.15 Å². The fraction of sp³-hybridized carbons (Fsp3) is 0.214. The maximum absolute atomic E-state index is 6.22. The molecular weight excluding hydrogens is 305 g/mol. The number of ether oxygens (including phenoxy) is 1. The summed E-state index contributed by atoms with van der Waals surface area (Å²) in [6, 6.07) is 7.57. The van der Waals surface area contributed by atoms with Gasteiger partial charge < -0.3 is 4.74 Å². The van der Waals surface area contributed by atoms with E-state index in [2.05, 4.69) is 11.1 Å². The van der Waals surface area contributed by atoms with Crippen LogP contribution in [0.3, 0.4) is 0 Å². The van der Waals surface area contributed by atoms with Crippen LogP contribution in [0.15, 0.2) is 24.3 Å². The standard InChI is InChI=1S/C14H10Cl3NO/c15-10-7-11(16)14(17)18-12(10)9-5-1-3-8-4-2-6-19-13(8)9/h1,3,5,7H,2,4,6H2. The molecule has 1 aromatic carbocycles. The molecule has 2 aromatic rings. The number of pyridine rings is 1. The van der Waals surface area contributed by atoms with Crippen LogP contribution in [0.5, 0.6) is 5.75 Å².